The van der Waals surface area contributed by atoms with Crippen molar-refractivity contribution in [3.8, 4) is 0 Å². The Bertz CT molecular complexity index is 835. The Morgan fingerprint density at radius 2 is 1.96 bits per heavy atom. The van der Waals surface area contributed by atoms with Crippen molar-refractivity contribution in [3.05, 3.63) is 53.6 Å². The molecule has 0 saturated carbocycles. The molecular weight excluding hydrogens is 354 g/mol. The van der Waals surface area contributed by atoms with Crippen LogP contribution in [0.15, 0.2) is 36.7 Å². The topological polar surface area (TPSA) is 79.3 Å². The van der Waals surface area contributed by atoms with Crippen LogP contribution in [-0.2, 0) is 18.4 Å². The van der Waals surface area contributed by atoms with Crippen LogP contribution in [0.1, 0.15) is 48.6 Å². The van der Waals surface area contributed by atoms with Crippen molar-refractivity contribution < 1.29 is 9.59 Å². The van der Waals surface area contributed by atoms with Gasteiger partial charge in [-0.25, -0.2) is 4.98 Å². The van der Waals surface area contributed by atoms with E-state index in [1.807, 2.05) is 67.7 Å². The SMILES string of the molecule is Cn1ccnc1C1CNCCN1C(=O)c1ccc(CNC(=O)C(C)(C)C)cc1. The molecule has 0 spiro atoms. The van der Waals surface area contributed by atoms with Gasteiger partial charge in [0.1, 0.15) is 11.9 Å². The summed E-state index contributed by atoms with van der Waals surface area (Å²) in [4.78, 5) is 31.4. The monoisotopic (exact) mass is 383 g/mol. The number of rotatable bonds is 4. The summed E-state index contributed by atoms with van der Waals surface area (Å²) in [6.07, 6.45) is 3.65. The molecule has 0 radical (unpaired) electrons. The van der Waals surface area contributed by atoms with Crippen molar-refractivity contribution >= 4 is 11.8 Å². The van der Waals surface area contributed by atoms with E-state index in [-0.39, 0.29) is 17.9 Å². The first-order valence-corrected chi connectivity index (χ1v) is 9.63. The number of nitrogens with zero attached hydrogens (tertiary/aromatic N) is 3. The van der Waals surface area contributed by atoms with Crippen molar-refractivity contribution in [1.82, 2.24) is 25.1 Å². The molecule has 28 heavy (non-hydrogen) atoms. The first-order chi connectivity index (χ1) is 13.3. The number of hydrogen-bond acceptors (Lipinski definition) is 4. The molecule has 150 valence electrons. The van der Waals surface area contributed by atoms with Crippen LogP contribution in [0.25, 0.3) is 0 Å². The Labute approximate surface area is 166 Å². The molecule has 1 fully saturated rings. The number of benzene rings is 1. The van der Waals surface area contributed by atoms with Crippen LogP contribution in [0.2, 0.25) is 0 Å². The quantitative estimate of drug-likeness (QED) is 0.845. The summed E-state index contributed by atoms with van der Waals surface area (Å²) in [6, 6.07) is 7.37. The third-order valence-electron chi connectivity index (χ3n) is 5.00. The zero-order valence-electron chi connectivity index (χ0n) is 17.0. The number of amides is 2. The predicted octanol–water partition coefficient (Wildman–Crippen LogP) is 1.87. The van der Waals surface area contributed by atoms with E-state index < -0.39 is 5.41 Å². The molecule has 2 N–H and O–H groups in total. The van der Waals surface area contributed by atoms with E-state index >= 15 is 0 Å². The molecule has 1 atom stereocenters. The highest BCUT2D eigenvalue weighted by Crippen LogP contribution is 2.23. The van der Waals surface area contributed by atoms with E-state index in [0.29, 0.717) is 25.2 Å². The number of nitrogens with one attached hydrogen (secondary N) is 2. The maximum absolute atomic E-state index is 13.1. The smallest absolute Gasteiger partial charge is 0.254 e. The van der Waals surface area contributed by atoms with Crippen molar-refractivity contribution in [2.45, 2.75) is 33.4 Å². The highest BCUT2D eigenvalue weighted by Gasteiger charge is 2.31. The molecule has 0 bridgehead atoms. The lowest BCUT2D eigenvalue weighted by molar-refractivity contribution is -0.128. The minimum Gasteiger partial charge on any atom is -0.352 e. The van der Waals surface area contributed by atoms with Gasteiger partial charge in [-0.15, -0.1) is 0 Å². The molecule has 7 heteroatoms. The Hall–Kier alpha value is -2.67. The first kappa shape index (κ1) is 20.1. The van der Waals surface area contributed by atoms with Gasteiger partial charge in [0.2, 0.25) is 5.91 Å². The van der Waals surface area contributed by atoms with Gasteiger partial charge >= 0.3 is 0 Å². The fourth-order valence-electron chi connectivity index (χ4n) is 3.25. The minimum atomic E-state index is -0.418. The molecule has 2 amide bonds. The second kappa shape index (κ2) is 8.14. The highest BCUT2D eigenvalue weighted by atomic mass is 16.2. The van der Waals surface area contributed by atoms with Gasteiger partial charge in [-0.1, -0.05) is 32.9 Å². The normalized spacial score (nSPS) is 17.4. The molecule has 1 saturated heterocycles. The highest BCUT2D eigenvalue weighted by molar-refractivity contribution is 5.94. The molecule has 1 aliphatic rings. The van der Waals surface area contributed by atoms with E-state index in [0.717, 1.165) is 17.9 Å². The van der Waals surface area contributed by atoms with Crippen molar-refractivity contribution in [2.75, 3.05) is 19.6 Å². The summed E-state index contributed by atoms with van der Waals surface area (Å²) < 4.78 is 1.96. The number of piperazine rings is 1. The van der Waals surface area contributed by atoms with E-state index in [1.54, 1.807) is 6.20 Å². The minimum absolute atomic E-state index is 0.000206. The van der Waals surface area contributed by atoms with Gasteiger partial charge in [-0.05, 0) is 17.7 Å². The zero-order valence-corrected chi connectivity index (χ0v) is 17.0. The molecule has 1 aromatic heterocycles. The maximum atomic E-state index is 13.1. The number of imidazole rings is 1. The number of carbonyl (C=O) groups excluding carboxylic acids is 2. The fourth-order valence-corrected chi connectivity index (χ4v) is 3.25. The van der Waals surface area contributed by atoms with E-state index in [9.17, 15) is 9.59 Å². The Kier molecular flexibility index (Phi) is 5.84. The van der Waals surface area contributed by atoms with Crippen LogP contribution in [0.4, 0.5) is 0 Å². The lowest BCUT2D eigenvalue weighted by Gasteiger charge is -2.35. The fraction of sp³-hybridized carbons (Fsp3) is 0.476. The predicted molar refractivity (Wildman–Crippen MR) is 108 cm³/mol. The van der Waals surface area contributed by atoms with Crippen LogP contribution in [0.3, 0.4) is 0 Å². The van der Waals surface area contributed by atoms with Crippen molar-refractivity contribution in [2.24, 2.45) is 12.5 Å². The van der Waals surface area contributed by atoms with Gasteiger partial charge < -0.3 is 20.1 Å². The van der Waals surface area contributed by atoms with Crippen molar-refractivity contribution in [3.63, 3.8) is 0 Å². The second-order valence-corrected chi connectivity index (χ2v) is 8.24. The molecule has 2 heterocycles. The standard InChI is InChI=1S/C21H29N5O2/c1-21(2,3)20(28)24-13-15-5-7-16(8-6-15)19(27)26-12-9-22-14-17(26)18-23-10-11-25(18)4/h5-8,10-11,17,22H,9,12-14H2,1-4H3,(H,24,28). The second-order valence-electron chi connectivity index (χ2n) is 8.24. The molecule has 1 aliphatic heterocycles. The lowest BCUT2D eigenvalue weighted by Crippen LogP contribution is -2.49. The molecule has 7 nitrogen and oxygen atoms in total. The lowest BCUT2D eigenvalue weighted by atomic mass is 9.95. The average Bonchev–Trinajstić information content (AvgIpc) is 3.11. The summed E-state index contributed by atoms with van der Waals surface area (Å²) in [7, 11) is 1.94. The molecule has 1 aromatic carbocycles. The van der Waals surface area contributed by atoms with Gasteiger partial charge in [0.25, 0.3) is 5.91 Å². The third-order valence-corrected chi connectivity index (χ3v) is 5.00. The first-order valence-electron chi connectivity index (χ1n) is 9.63. The summed E-state index contributed by atoms with van der Waals surface area (Å²) >= 11 is 0. The number of aromatic nitrogens is 2. The van der Waals surface area contributed by atoms with E-state index in [1.165, 1.54) is 0 Å². The Morgan fingerprint density at radius 1 is 1.25 bits per heavy atom. The number of aryl methyl sites for hydroxylation is 1. The molecule has 3 rings (SSSR count). The van der Waals surface area contributed by atoms with E-state index in [2.05, 4.69) is 15.6 Å². The van der Waals surface area contributed by atoms with Crippen LogP contribution < -0.4 is 10.6 Å². The number of carbonyl (C=O) groups is 2. The number of hydrogen-bond donors (Lipinski definition) is 2. The van der Waals surface area contributed by atoms with Gasteiger partial charge in [0.15, 0.2) is 0 Å². The van der Waals surface area contributed by atoms with Crippen molar-refractivity contribution in [1.29, 1.82) is 0 Å². The van der Waals surface area contributed by atoms with Gasteiger partial charge in [-0.3, -0.25) is 9.59 Å². The summed E-state index contributed by atoms with van der Waals surface area (Å²) in [5.74, 6) is 0.883. The maximum Gasteiger partial charge on any atom is 0.254 e. The van der Waals surface area contributed by atoms with Gasteiger partial charge in [0.05, 0.1) is 0 Å². The Morgan fingerprint density at radius 3 is 2.57 bits per heavy atom. The molecule has 0 aliphatic carbocycles. The molecule has 1 unspecified atom stereocenters. The van der Waals surface area contributed by atoms with Gasteiger partial charge in [-0.2, -0.15) is 0 Å². The zero-order chi connectivity index (χ0) is 20.3. The Balaban J connectivity index is 1.69. The van der Waals surface area contributed by atoms with Gasteiger partial charge in [0, 0.05) is 56.6 Å². The summed E-state index contributed by atoms with van der Waals surface area (Å²) in [6.45, 7) is 8.20. The van der Waals surface area contributed by atoms with Crippen LogP contribution in [-0.4, -0.2) is 45.9 Å². The van der Waals surface area contributed by atoms with Crippen LogP contribution in [0, 0.1) is 5.41 Å². The third kappa shape index (κ3) is 4.42. The molecular formula is C21H29N5O2. The van der Waals surface area contributed by atoms with E-state index in [4.69, 9.17) is 0 Å². The average molecular weight is 383 g/mol. The summed E-state index contributed by atoms with van der Waals surface area (Å²) in [5.41, 5.74) is 1.19. The van der Waals surface area contributed by atoms with Crippen LogP contribution in [0.5, 0.6) is 0 Å². The largest absolute Gasteiger partial charge is 0.352 e. The van der Waals surface area contributed by atoms with Crippen LogP contribution >= 0.6 is 0 Å². The summed E-state index contributed by atoms with van der Waals surface area (Å²) in [5, 5.41) is 6.28. The molecule has 2 aromatic rings.